The lowest BCUT2D eigenvalue weighted by Crippen LogP contribution is -2.34. The zero-order valence-corrected chi connectivity index (χ0v) is 14.4. The molecule has 0 spiro atoms. The highest BCUT2D eigenvalue weighted by molar-refractivity contribution is 5.94. The standard InChI is InChI=1S/C19H25N3O3/c23-18-6-1-14-9-16(4-5-17(14)21-18)25-12-19(24)20-10-13-7-8-22(11-13)15-2-3-15/h4-5,9,13,15H,1-3,6-8,10-12H2,(H,20,24)(H,21,23)/t13-/m0/s1. The Morgan fingerprint density at radius 2 is 2.16 bits per heavy atom. The summed E-state index contributed by atoms with van der Waals surface area (Å²) in [6.07, 6.45) is 5.07. The first kappa shape index (κ1) is 16.4. The molecule has 2 aliphatic heterocycles. The van der Waals surface area contributed by atoms with Gasteiger partial charge in [-0.15, -0.1) is 0 Å². The summed E-state index contributed by atoms with van der Waals surface area (Å²) in [6, 6.07) is 6.36. The maximum atomic E-state index is 12.0. The number of nitrogens with one attached hydrogen (secondary N) is 2. The number of amides is 2. The van der Waals surface area contributed by atoms with E-state index in [2.05, 4.69) is 15.5 Å². The number of rotatable bonds is 6. The van der Waals surface area contributed by atoms with Gasteiger partial charge < -0.3 is 20.3 Å². The monoisotopic (exact) mass is 343 g/mol. The fourth-order valence-corrected chi connectivity index (χ4v) is 3.71. The van der Waals surface area contributed by atoms with E-state index < -0.39 is 0 Å². The Kier molecular flexibility index (Phi) is 4.61. The van der Waals surface area contributed by atoms with Gasteiger partial charge in [0.25, 0.3) is 5.91 Å². The molecular formula is C19H25N3O3. The number of likely N-dealkylation sites (tertiary alicyclic amines) is 1. The minimum atomic E-state index is -0.0732. The summed E-state index contributed by atoms with van der Waals surface area (Å²) in [5.74, 6) is 1.21. The second-order valence-electron chi connectivity index (χ2n) is 7.34. The molecular weight excluding hydrogens is 318 g/mol. The van der Waals surface area contributed by atoms with Crippen LogP contribution in [-0.4, -0.2) is 49.0 Å². The van der Waals surface area contributed by atoms with Crippen molar-refractivity contribution in [1.82, 2.24) is 10.2 Å². The molecule has 0 aromatic heterocycles. The molecule has 2 fully saturated rings. The van der Waals surface area contributed by atoms with E-state index in [9.17, 15) is 9.59 Å². The van der Waals surface area contributed by atoms with E-state index in [0.717, 1.165) is 30.4 Å². The number of hydrogen-bond donors (Lipinski definition) is 2. The van der Waals surface area contributed by atoms with Crippen LogP contribution in [0, 0.1) is 5.92 Å². The van der Waals surface area contributed by atoms with Gasteiger partial charge >= 0.3 is 0 Å². The zero-order valence-electron chi connectivity index (χ0n) is 14.4. The van der Waals surface area contributed by atoms with E-state index in [0.29, 0.717) is 24.5 Å². The van der Waals surface area contributed by atoms with Gasteiger partial charge in [-0.25, -0.2) is 0 Å². The van der Waals surface area contributed by atoms with Crippen molar-refractivity contribution in [2.75, 3.05) is 31.6 Å². The van der Waals surface area contributed by atoms with Crippen molar-refractivity contribution in [2.24, 2.45) is 5.92 Å². The Morgan fingerprint density at radius 3 is 3.00 bits per heavy atom. The molecule has 6 heteroatoms. The van der Waals surface area contributed by atoms with E-state index in [1.165, 1.54) is 25.8 Å². The lowest BCUT2D eigenvalue weighted by molar-refractivity contribution is -0.123. The number of aryl methyl sites for hydroxylation is 1. The molecule has 3 aliphatic rings. The van der Waals surface area contributed by atoms with Crippen LogP contribution in [0.3, 0.4) is 0 Å². The number of carbonyl (C=O) groups excluding carboxylic acids is 2. The van der Waals surface area contributed by atoms with Gasteiger partial charge in [-0.3, -0.25) is 9.59 Å². The van der Waals surface area contributed by atoms with Crippen molar-refractivity contribution in [2.45, 2.75) is 38.1 Å². The van der Waals surface area contributed by atoms with Gasteiger partial charge in [0.1, 0.15) is 5.75 Å². The van der Waals surface area contributed by atoms with Crippen molar-refractivity contribution in [3.8, 4) is 5.75 Å². The largest absolute Gasteiger partial charge is 0.484 e. The molecule has 2 heterocycles. The minimum Gasteiger partial charge on any atom is -0.484 e. The molecule has 1 saturated heterocycles. The molecule has 2 amide bonds. The third-order valence-electron chi connectivity index (χ3n) is 5.31. The summed E-state index contributed by atoms with van der Waals surface area (Å²) in [5.41, 5.74) is 1.90. The van der Waals surface area contributed by atoms with Gasteiger partial charge in [0.2, 0.25) is 5.91 Å². The number of hydrogen-bond acceptors (Lipinski definition) is 4. The fraction of sp³-hybridized carbons (Fsp3) is 0.579. The van der Waals surface area contributed by atoms with Crippen LogP contribution < -0.4 is 15.4 Å². The van der Waals surface area contributed by atoms with Gasteiger partial charge in [0.05, 0.1) is 0 Å². The summed E-state index contributed by atoms with van der Waals surface area (Å²) in [6.45, 7) is 3.06. The second kappa shape index (κ2) is 7.04. The van der Waals surface area contributed by atoms with Crippen LogP contribution in [0.5, 0.6) is 5.75 Å². The molecule has 134 valence electrons. The Labute approximate surface area is 147 Å². The summed E-state index contributed by atoms with van der Waals surface area (Å²) in [4.78, 5) is 25.9. The molecule has 1 atom stereocenters. The predicted octanol–water partition coefficient (Wildman–Crippen LogP) is 1.55. The molecule has 0 radical (unpaired) electrons. The van der Waals surface area contributed by atoms with Crippen LogP contribution in [0.1, 0.15) is 31.2 Å². The smallest absolute Gasteiger partial charge is 0.257 e. The van der Waals surface area contributed by atoms with Crippen LogP contribution in [0.4, 0.5) is 5.69 Å². The summed E-state index contributed by atoms with van der Waals surface area (Å²) >= 11 is 0. The number of carbonyl (C=O) groups is 2. The zero-order chi connectivity index (χ0) is 17.2. The van der Waals surface area contributed by atoms with E-state index in [-0.39, 0.29) is 18.4 Å². The van der Waals surface area contributed by atoms with Crippen molar-refractivity contribution in [1.29, 1.82) is 0 Å². The number of nitrogens with zero attached hydrogens (tertiary/aromatic N) is 1. The fourth-order valence-electron chi connectivity index (χ4n) is 3.71. The van der Waals surface area contributed by atoms with Crippen molar-refractivity contribution < 1.29 is 14.3 Å². The average molecular weight is 343 g/mol. The lowest BCUT2D eigenvalue weighted by atomic mass is 10.0. The van der Waals surface area contributed by atoms with Crippen molar-refractivity contribution in [3.63, 3.8) is 0 Å². The molecule has 25 heavy (non-hydrogen) atoms. The van der Waals surface area contributed by atoms with Crippen LogP contribution in [0.15, 0.2) is 18.2 Å². The molecule has 1 saturated carbocycles. The number of benzene rings is 1. The molecule has 0 unspecified atom stereocenters. The van der Waals surface area contributed by atoms with E-state index in [4.69, 9.17) is 4.74 Å². The third-order valence-corrected chi connectivity index (χ3v) is 5.31. The van der Waals surface area contributed by atoms with E-state index in [1.54, 1.807) is 6.07 Å². The summed E-state index contributed by atoms with van der Waals surface area (Å²) in [5, 5.41) is 5.84. The number of fused-ring (bicyclic) bond motifs is 1. The van der Waals surface area contributed by atoms with Crippen molar-refractivity contribution in [3.05, 3.63) is 23.8 Å². The maximum absolute atomic E-state index is 12.0. The molecule has 1 aliphatic carbocycles. The maximum Gasteiger partial charge on any atom is 0.257 e. The van der Waals surface area contributed by atoms with Crippen LogP contribution in [0.25, 0.3) is 0 Å². The molecule has 1 aromatic carbocycles. The molecule has 4 rings (SSSR count). The molecule has 6 nitrogen and oxygen atoms in total. The van der Waals surface area contributed by atoms with E-state index >= 15 is 0 Å². The van der Waals surface area contributed by atoms with Crippen molar-refractivity contribution >= 4 is 17.5 Å². The van der Waals surface area contributed by atoms with Gasteiger partial charge in [-0.2, -0.15) is 0 Å². The average Bonchev–Trinajstić information content (AvgIpc) is 3.36. The van der Waals surface area contributed by atoms with Gasteiger partial charge in [-0.05, 0) is 61.9 Å². The molecule has 0 bridgehead atoms. The second-order valence-corrected chi connectivity index (χ2v) is 7.34. The first-order valence-corrected chi connectivity index (χ1v) is 9.24. The Hall–Kier alpha value is -2.08. The Balaban J connectivity index is 1.20. The lowest BCUT2D eigenvalue weighted by Gasteiger charge is -2.18. The Morgan fingerprint density at radius 1 is 1.28 bits per heavy atom. The normalized spacial score (nSPS) is 23.0. The quantitative estimate of drug-likeness (QED) is 0.822. The molecule has 2 N–H and O–H groups in total. The topological polar surface area (TPSA) is 70.7 Å². The first-order valence-electron chi connectivity index (χ1n) is 9.24. The van der Waals surface area contributed by atoms with Crippen LogP contribution in [-0.2, 0) is 16.0 Å². The highest BCUT2D eigenvalue weighted by Crippen LogP contribution is 2.31. The SMILES string of the molecule is O=C(COc1ccc2c(c1)CCC(=O)N2)NC[C@@H]1CCN(C2CC2)C1. The highest BCUT2D eigenvalue weighted by atomic mass is 16.5. The molecule has 1 aromatic rings. The Bertz CT molecular complexity index is 672. The summed E-state index contributed by atoms with van der Waals surface area (Å²) < 4.78 is 5.61. The minimum absolute atomic E-state index is 0.0319. The van der Waals surface area contributed by atoms with Crippen LogP contribution in [0.2, 0.25) is 0 Å². The number of anilines is 1. The van der Waals surface area contributed by atoms with Crippen LogP contribution >= 0.6 is 0 Å². The van der Waals surface area contributed by atoms with Gasteiger partial charge in [0.15, 0.2) is 6.61 Å². The summed E-state index contributed by atoms with van der Waals surface area (Å²) in [7, 11) is 0. The van der Waals surface area contributed by atoms with Gasteiger partial charge in [-0.1, -0.05) is 0 Å². The van der Waals surface area contributed by atoms with Gasteiger partial charge in [0, 0.05) is 31.2 Å². The van der Waals surface area contributed by atoms with E-state index in [1.807, 2.05) is 12.1 Å². The predicted molar refractivity (Wildman–Crippen MR) is 94.6 cm³/mol. The third kappa shape index (κ3) is 4.12. The first-order chi connectivity index (χ1) is 12.2. The highest BCUT2D eigenvalue weighted by Gasteiger charge is 2.34. The number of ether oxygens (including phenoxy) is 1.